The number of aromatic amines is 2. The van der Waals surface area contributed by atoms with E-state index < -0.39 is 96.2 Å². The number of allylic oxidation sites excluding steroid dienone is 3. The molecule has 7 rings (SSSR count). The summed E-state index contributed by atoms with van der Waals surface area (Å²) < 4.78 is 162. The van der Waals surface area contributed by atoms with Crippen LogP contribution < -0.4 is 54.4 Å². The van der Waals surface area contributed by atoms with E-state index in [9.17, 15) is 82.7 Å². The van der Waals surface area contributed by atoms with E-state index in [1.807, 2.05) is 27.7 Å². The van der Waals surface area contributed by atoms with Crippen LogP contribution in [-0.2, 0) is 62.6 Å². The lowest BCUT2D eigenvalue weighted by Crippen LogP contribution is -2.60. The van der Waals surface area contributed by atoms with Crippen molar-refractivity contribution in [1.82, 2.24) is 36.2 Å². The predicted molar refractivity (Wildman–Crippen MR) is 465 cm³/mol. The number of nitrogens with zero attached hydrogens (tertiary/aromatic N) is 2. The number of amides is 3. The maximum atomic E-state index is 13.4. The van der Waals surface area contributed by atoms with E-state index in [1.54, 1.807) is 141 Å². The molecule has 3 aromatic carbocycles. The predicted octanol–water partition coefficient (Wildman–Crippen LogP) is 16.4. The molecule has 0 aliphatic rings. The van der Waals surface area contributed by atoms with Crippen LogP contribution in [0.4, 0.5) is 39.5 Å². The minimum Gasteiger partial charge on any atom is -0.476 e. The number of aromatic nitrogens is 4. The molecule has 3 amide bonds. The van der Waals surface area contributed by atoms with Crippen molar-refractivity contribution in [2.75, 3.05) is 21.3 Å². The van der Waals surface area contributed by atoms with Crippen LogP contribution in [0.15, 0.2) is 208 Å². The number of carboxylic acids is 1. The Kier molecular flexibility index (Phi) is 54.1. The van der Waals surface area contributed by atoms with Gasteiger partial charge in [-0.1, -0.05) is 127 Å². The van der Waals surface area contributed by atoms with Crippen molar-refractivity contribution in [1.29, 1.82) is 0 Å². The fourth-order valence-corrected chi connectivity index (χ4v) is 11.5. The molecule has 28 nitrogen and oxygen atoms in total. The van der Waals surface area contributed by atoms with Gasteiger partial charge >= 0.3 is 42.4 Å². The summed E-state index contributed by atoms with van der Waals surface area (Å²) in [4.78, 5) is 115. The highest BCUT2D eigenvalue weighted by Gasteiger charge is 2.63. The number of carboxylic acid groups (broad SMARTS) is 1. The SMILES string of the molecule is C=CCC[C@@](OCc1ccccc1)(C(=O)NN)C(F)(F)F.C=CCC[C@@](OCc1ccccc1)(C(=O)NN)C(F)(F)F.C=CCC[C@@](OCc1ccccc1)(C(=O)NN)C(F)(F)F.C=CC[C@@H](C)Oc1nc(C(=O)O)c(Br)cc1C.C=CC[C@@H](C)Oc1nc(C(=O)OC)c(Br)cc1C.COC(=O)c1[nH]c(=O)c(C)cc1Br.COC(=O)c1ccc(C)c(=O)[nH]1.Cl.Cl. The van der Waals surface area contributed by atoms with Crippen LogP contribution in [0.2, 0.25) is 0 Å². The second-order valence-corrected chi connectivity index (χ2v) is 28.2. The third-order valence-corrected chi connectivity index (χ3v) is 18.3. The largest absolute Gasteiger partial charge is 0.476 e. The lowest BCUT2D eigenvalue weighted by atomic mass is 9.95. The van der Waals surface area contributed by atoms with Gasteiger partial charge < -0.3 is 53.0 Å². The lowest BCUT2D eigenvalue weighted by Gasteiger charge is -2.33. The zero-order valence-corrected chi connectivity index (χ0v) is 75.7. The first-order valence-corrected chi connectivity index (χ1v) is 38.7. The Morgan fingerprint density at radius 2 is 0.768 bits per heavy atom. The van der Waals surface area contributed by atoms with Gasteiger partial charge in [0.1, 0.15) is 23.6 Å². The standard InChI is InChI=1S/3C14H17F3N2O2.C13H16BrNO3.C12H14BrNO3.C8H8BrNO3.C8H9NO3.2ClH/c3*1-2-3-9-13(12(20)19-18,14(15,16)17)21-10-11-7-5-4-6-8-11;1-5-6-9(3)18-12-8(2)7-10(14)11(15-12)13(16)17-4;1-4-5-8(3)17-11-7(2)6-9(13)10(14-11)12(15)16;1-4-3-5(9)6(8(12)13-2)10-7(4)11;1-5-3-4-6(8(11)12-2)9-7(5)10;;/h3*2,4-8H,1,3,9-10,18H2,(H,19,20);5,7,9H,1,6H2,2-4H3;4,6,8H,1,5H2,2-3H3,(H,15,16);3H,1-2H3,(H,10,11);3-4H,1-2H3,(H,9,10);2*1H/t3*13-;9-;8-;;;;/m11111..../s1. The third kappa shape index (κ3) is 37.4. The highest BCUT2D eigenvalue weighted by Crippen LogP contribution is 2.42. The number of pyridine rings is 4. The molecule has 4 heterocycles. The Morgan fingerprint density at radius 1 is 0.456 bits per heavy atom. The number of carbonyl (C=O) groups is 7. The van der Waals surface area contributed by atoms with E-state index in [-0.39, 0.29) is 110 Å². The number of methoxy groups -OCH3 is 3. The normalized spacial score (nSPS) is 12.4. The Morgan fingerprint density at radius 3 is 1.06 bits per heavy atom. The number of nitrogens with one attached hydrogen (secondary N) is 5. The molecule has 5 atom stereocenters. The molecule has 0 unspecified atom stereocenters. The van der Waals surface area contributed by atoms with Crippen molar-refractivity contribution >= 4 is 114 Å². The van der Waals surface area contributed by atoms with E-state index in [2.05, 4.69) is 115 Å². The number of nitrogens with two attached hydrogens (primary N) is 3. The molecule has 0 saturated carbocycles. The molecule has 0 saturated heterocycles. The van der Waals surface area contributed by atoms with Gasteiger partial charge in [0, 0.05) is 39.6 Å². The topological polar surface area (TPSA) is 419 Å². The van der Waals surface area contributed by atoms with Gasteiger partial charge in [-0.15, -0.1) is 57.7 Å². The van der Waals surface area contributed by atoms with Gasteiger partial charge in [-0.25, -0.2) is 46.7 Å². The number of hydrogen-bond donors (Lipinski definition) is 9. The van der Waals surface area contributed by atoms with E-state index in [0.717, 1.165) is 11.1 Å². The molecular formula is C83H100Br3Cl2F9N10O18. The number of H-pyrrole nitrogens is 2. The maximum Gasteiger partial charge on any atom is 0.426 e. The minimum atomic E-state index is -4.89. The number of halogens is 14. The van der Waals surface area contributed by atoms with Gasteiger partial charge in [0.25, 0.3) is 28.8 Å². The number of alkyl halides is 9. The van der Waals surface area contributed by atoms with Crippen LogP contribution in [0.3, 0.4) is 0 Å². The zero-order valence-electron chi connectivity index (χ0n) is 69.3. The Hall–Kier alpha value is -10.4. The highest BCUT2D eigenvalue weighted by molar-refractivity contribution is 9.11. The number of hydrogen-bond acceptors (Lipinski definition) is 22. The van der Waals surface area contributed by atoms with Crippen molar-refractivity contribution in [3.05, 3.63) is 280 Å². The Balaban J connectivity index is 0. The first-order chi connectivity index (χ1) is 57.8. The summed E-state index contributed by atoms with van der Waals surface area (Å²) in [6.07, 6.45) is -7.91. The second kappa shape index (κ2) is 58.0. The van der Waals surface area contributed by atoms with Gasteiger partial charge in [0.2, 0.25) is 28.6 Å². The average molecular weight is 2010 g/mol. The highest BCUT2D eigenvalue weighted by atomic mass is 79.9. The summed E-state index contributed by atoms with van der Waals surface area (Å²) in [5.41, 5.74) is -0.117. The van der Waals surface area contributed by atoms with E-state index >= 15 is 0 Å². The number of ether oxygens (including phenoxy) is 8. The van der Waals surface area contributed by atoms with Gasteiger partial charge in [-0.3, -0.25) is 40.3 Å². The van der Waals surface area contributed by atoms with Crippen LogP contribution in [0.5, 0.6) is 11.8 Å². The fourth-order valence-electron chi connectivity index (χ4n) is 9.75. The van der Waals surface area contributed by atoms with Crippen molar-refractivity contribution < 1.29 is 116 Å². The van der Waals surface area contributed by atoms with Gasteiger partial charge in [0.05, 0.1) is 50.1 Å². The molecule has 688 valence electrons. The summed E-state index contributed by atoms with van der Waals surface area (Å²) in [5.74, 6) is 8.50. The van der Waals surface area contributed by atoms with Crippen LogP contribution >= 0.6 is 72.6 Å². The molecule has 125 heavy (non-hydrogen) atoms. The number of esters is 3. The summed E-state index contributed by atoms with van der Waals surface area (Å²) in [7, 11) is 3.84. The third-order valence-electron chi connectivity index (χ3n) is 16.5. The molecule has 0 spiro atoms. The smallest absolute Gasteiger partial charge is 0.426 e. The van der Waals surface area contributed by atoms with Crippen LogP contribution in [0.25, 0.3) is 0 Å². The van der Waals surface area contributed by atoms with Crippen molar-refractivity contribution in [2.24, 2.45) is 17.5 Å². The zero-order chi connectivity index (χ0) is 93.7. The minimum absolute atomic E-state index is 0. The number of carbonyl (C=O) groups excluding carboxylic acids is 6. The quantitative estimate of drug-likeness (QED) is 0.00351. The van der Waals surface area contributed by atoms with Crippen molar-refractivity contribution in [3.63, 3.8) is 0 Å². The van der Waals surface area contributed by atoms with Crippen molar-refractivity contribution in [2.45, 2.75) is 160 Å². The molecule has 0 aliphatic heterocycles. The van der Waals surface area contributed by atoms with Crippen LogP contribution in [0.1, 0.15) is 146 Å². The number of aromatic carboxylic acids is 1. The lowest BCUT2D eigenvalue weighted by molar-refractivity contribution is -0.273. The molecular weight excluding hydrogens is 1910 g/mol. The Bertz CT molecular complexity index is 4550. The molecule has 0 fully saturated rings. The molecule has 42 heteroatoms. The van der Waals surface area contributed by atoms with Gasteiger partial charge in [-0.05, 0) is 169 Å². The second-order valence-electron chi connectivity index (χ2n) is 25.7. The summed E-state index contributed by atoms with van der Waals surface area (Å²) >= 11 is 9.60. The monoisotopic (exact) mass is 2000 g/mol. The summed E-state index contributed by atoms with van der Waals surface area (Å²) in [6.45, 7) is 27.1. The number of aryl methyl sites for hydroxylation is 4. The van der Waals surface area contributed by atoms with Crippen LogP contribution in [0, 0.1) is 27.7 Å². The molecule has 0 aliphatic carbocycles. The number of benzene rings is 3. The number of rotatable bonds is 33. The molecule has 0 radical (unpaired) electrons. The first kappa shape index (κ1) is 117. The molecule has 4 aromatic heterocycles. The fraction of sp³-hybridized carbons (Fsp3) is 0.337. The Labute approximate surface area is 753 Å². The van der Waals surface area contributed by atoms with Crippen LogP contribution in [-0.4, -0.2) is 136 Å². The summed E-state index contributed by atoms with van der Waals surface area (Å²) in [5, 5.41) is 8.95. The molecule has 12 N–H and O–H groups in total. The van der Waals surface area contributed by atoms with E-state index in [4.69, 9.17) is 46.3 Å². The summed E-state index contributed by atoms with van der Waals surface area (Å²) in [6, 6.07) is 33.0. The molecule has 7 aromatic rings. The average Bonchev–Trinajstić information content (AvgIpc) is 0.787. The van der Waals surface area contributed by atoms with E-state index in [0.29, 0.717) is 65.8 Å². The maximum absolute atomic E-state index is 13.4. The van der Waals surface area contributed by atoms with Gasteiger partial charge in [0.15, 0.2) is 11.4 Å². The first-order valence-electron chi connectivity index (χ1n) is 36.3. The molecule has 0 bridgehead atoms. The van der Waals surface area contributed by atoms with Gasteiger partial charge in [-0.2, -0.15) is 39.5 Å². The number of hydrazine groups is 3. The van der Waals surface area contributed by atoms with Crippen molar-refractivity contribution in [3.8, 4) is 11.8 Å². The van der Waals surface area contributed by atoms with E-state index in [1.165, 1.54) is 61.9 Å².